The number of nitriles is 1. The molecule has 0 spiro atoms. The van der Waals surface area contributed by atoms with Gasteiger partial charge in [-0.25, -0.2) is 0 Å². The Labute approximate surface area is 96.9 Å². The van der Waals surface area contributed by atoms with Crippen LogP contribution in [0.2, 0.25) is 5.02 Å². The molecule has 0 aliphatic carbocycles. The van der Waals surface area contributed by atoms with Gasteiger partial charge in [0.2, 0.25) is 0 Å². The number of pyridine rings is 1. The van der Waals surface area contributed by atoms with E-state index in [4.69, 9.17) is 16.9 Å². The maximum absolute atomic E-state index is 11.4. The van der Waals surface area contributed by atoms with E-state index in [-0.39, 0.29) is 11.1 Å². The second-order valence-electron chi connectivity index (χ2n) is 3.21. The van der Waals surface area contributed by atoms with E-state index in [0.29, 0.717) is 10.6 Å². The molecular weight excluding hydrogens is 224 g/mol. The van der Waals surface area contributed by atoms with Crippen LogP contribution in [0.4, 0.5) is 0 Å². The Kier molecular flexibility index (Phi) is 2.76. The summed E-state index contributed by atoms with van der Waals surface area (Å²) in [5, 5.41) is 9.54. The van der Waals surface area contributed by atoms with Crippen molar-refractivity contribution in [3.63, 3.8) is 0 Å². The average Bonchev–Trinajstić information content (AvgIpc) is 2.30. The van der Waals surface area contributed by atoms with E-state index in [1.165, 1.54) is 6.20 Å². The van der Waals surface area contributed by atoms with Gasteiger partial charge in [-0.15, -0.1) is 0 Å². The van der Waals surface area contributed by atoms with Crippen LogP contribution in [0.15, 0.2) is 41.3 Å². The van der Waals surface area contributed by atoms with Gasteiger partial charge < -0.3 is 4.98 Å². The number of benzene rings is 1. The van der Waals surface area contributed by atoms with Crippen LogP contribution >= 0.6 is 11.6 Å². The maximum atomic E-state index is 11.4. The number of halogens is 1. The lowest BCUT2D eigenvalue weighted by Crippen LogP contribution is -2.10. The molecule has 0 unspecified atom stereocenters. The number of H-pyrrole nitrogens is 1. The molecule has 2 rings (SSSR count). The molecule has 0 bridgehead atoms. The fraction of sp³-hybridized carbons (Fsp3) is 0. The van der Waals surface area contributed by atoms with Crippen LogP contribution < -0.4 is 5.56 Å². The first kappa shape index (κ1) is 10.5. The van der Waals surface area contributed by atoms with Crippen molar-refractivity contribution in [2.24, 2.45) is 0 Å². The number of nitrogens with zero attached hydrogens (tertiary/aromatic N) is 1. The van der Waals surface area contributed by atoms with Gasteiger partial charge in [0, 0.05) is 16.8 Å². The Balaban J connectivity index is 2.66. The zero-order valence-electron chi connectivity index (χ0n) is 8.20. The van der Waals surface area contributed by atoms with Gasteiger partial charge in [-0.3, -0.25) is 4.79 Å². The Morgan fingerprint density at radius 1 is 1.19 bits per heavy atom. The summed E-state index contributed by atoms with van der Waals surface area (Å²) in [6, 6.07) is 10.6. The van der Waals surface area contributed by atoms with Crippen LogP contribution in [-0.4, -0.2) is 4.98 Å². The molecule has 0 saturated heterocycles. The van der Waals surface area contributed by atoms with Crippen LogP contribution in [0.3, 0.4) is 0 Å². The van der Waals surface area contributed by atoms with Gasteiger partial charge in [-0.2, -0.15) is 5.26 Å². The molecule has 1 heterocycles. The number of nitrogens with one attached hydrogen (secondary N) is 1. The van der Waals surface area contributed by atoms with Crippen LogP contribution in [0.25, 0.3) is 11.1 Å². The number of hydrogen-bond acceptors (Lipinski definition) is 2. The standard InChI is InChI=1S/C12H7ClN2O/c13-9-3-1-8(2-4-9)10-5-6-15-12(16)11(10)7-14/h1-6H,(H,15,16). The van der Waals surface area contributed by atoms with Crippen molar-refractivity contribution in [1.82, 2.24) is 4.98 Å². The van der Waals surface area contributed by atoms with Crippen molar-refractivity contribution >= 4 is 11.6 Å². The summed E-state index contributed by atoms with van der Waals surface area (Å²) in [5.41, 5.74) is 1.15. The normalized spacial score (nSPS) is 9.75. The third-order valence-corrected chi connectivity index (χ3v) is 2.48. The fourth-order valence-electron chi connectivity index (χ4n) is 1.46. The zero-order valence-corrected chi connectivity index (χ0v) is 8.95. The van der Waals surface area contributed by atoms with Gasteiger partial charge in [0.25, 0.3) is 5.56 Å². The van der Waals surface area contributed by atoms with Gasteiger partial charge >= 0.3 is 0 Å². The lowest BCUT2D eigenvalue weighted by molar-refractivity contribution is 1.22. The SMILES string of the molecule is N#Cc1c(-c2ccc(Cl)cc2)cc[nH]c1=O. The summed E-state index contributed by atoms with van der Waals surface area (Å²) in [4.78, 5) is 13.9. The number of aromatic nitrogens is 1. The summed E-state index contributed by atoms with van der Waals surface area (Å²) in [6.45, 7) is 0. The fourth-order valence-corrected chi connectivity index (χ4v) is 1.59. The second-order valence-corrected chi connectivity index (χ2v) is 3.65. The molecule has 1 aromatic carbocycles. The minimum atomic E-state index is -0.380. The zero-order chi connectivity index (χ0) is 11.5. The lowest BCUT2D eigenvalue weighted by atomic mass is 10.0. The highest BCUT2D eigenvalue weighted by atomic mass is 35.5. The van der Waals surface area contributed by atoms with E-state index >= 15 is 0 Å². The monoisotopic (exact) mass is 230 g/mol. The highest BCUT2D eigenvalue weighted by molar-refractivity contribution is 6.30. The molecule has 0 aliphatic rings. The van der Waals surface area contributed by atoms with Crippen molar-refractivity contribution in [3.8, 4) is 17.2 Å². The van der Waals surface area contributed by atoms with E-state index in [9.17, 15) is 4.79 Å². The predicted octanol–water partition coefficient (Wildman–Crippen LogP) is 2.57. The number of hydrogen-bond donors (Lipinski definition) is 1. The first-order valence-electron chi connectivity index (χ1n) is 4.60. The third kappa shape index (κ3) is 1.83. The molecular formula is C12H7ClN2O. The number of rotatable bonds is 1. The third-order valence-electron chi connectivity index (χ3n) is 2.23. The van der Waals surface area contributed by atoms with E-state index < -0.39 is 0 Å². The van der Waals surface area contributed by atoms with Crippen molar-refractivity contribution < 1.29 is 0 Å². The molecule has 0 saturated carbocycles. The largest absolute Gasteiger partial charge is 0.328 e. The molecule has 2 aromatic rings. The van der Waals surface area contributed by atoms with Crippen LogP contribution in [0, 0.1) is 11.3 Å². The van der Waals surface area contributed by atoms with E-state index in [1.807, 2.05) is 6.07 Å². The van der Waals surface area contributed by atoms with Gasteiger partial charge in [0.05, 0.1) is 0 Å². The Morgan fingerprint density at radius 2 is 1.88 bits per heavy atom. The molecule has 3 nitrogen and oxygen atoms in total. The van der Waals surface area contributed by atoms with E-state index in [0.717, 1.165) is 5.56 Å². The summed E-state index contributed by atoms with van der Waals surface area (Å²) in [6.07, 6.45) is 1.52. The van der Waals surface area contributed by atoms with Crippen LogP contribution in [-0.2, 0) is 0 Å². The summed E-state index contributed by atoms with van der Waals surface area (Å²) >= 11 is 5.77. The molecule has 16 heavy (non-hydrogen) atoms. The second kappa shape index (κ2) is 4.21. The summed E-state index contributed by atoms with van der Waals surface area (Å²) in [5.74, 6) is 0. The van der Waals surface area contributed by atoms with Crippen molar-refractivity contribution in [3.05, 3.63) is 57.5 Å². The number of aromatic amines is 1. The van der Waals surface area contributed by atoms with Gasteiger partial charge in [0.1, 0.15) is 11.6 Å². The Hall–Kier alpha value is -2.05. The first-order chi connectivity index (χ1) is 7.72. The Bertz CT molecular complexity index is 608. The van der Waals surface area contributed by atoms with Crippen molar-refractivity contribution in [1.29, 1.82) is 5.26 Å². The summed E-state index contributed by atoms with van der Waals surface area (Å²) in [7, 11) is 0. The van der Waals surface area contributed by atoms with E-state index in [1.54, 1.807) is 30.3 Å². The van der Waals surface area contributed by atoms with Gasteiger partial charge in [-0.05, 0) is 23.8 Å². The molecule has 0 fully saturated rings. The molecule has 0 atom stereocenters. The molecule has 0 radical (unpaired) electrons. The molecule has 0 aliphatic heterocycles. The van der Waals surface area contributed by atoms with Gasteiger partial charge in [-0.1, -0.05) is 23.7 Å². The minimum absolute atomic E-state index is 0.116. The lowest BCUT2D eigenvalue weighted by Gasteiger charge is -2.02. The average molecular weight is 231 g/mol. The molecule has 78 valence electrons. The quantitative estimate of drug-likeness (QED) is 0.819. The minimum Gasteiger partial charge on any atom is -0.328 e. The first-order valence-corrected chi connectivity index (χ1v) is 4.98. The maximum Gasteiger partial charge on any atom is 0.266 e. The van der Waals surface area contributed by atoms with E-state index in [2.05, 4.69) is 4.98 Å². The highest BCUT2D eigenvalue weighted by Gasteiger charge is 2.07. The van der Waals surface area contributed by atoms with Gasteiger partial charge in [0.15, 0.2) is 0 Å². The van der Waals surface area contributed by atoms with Crippen LogP contribution in [0.1, 0.15) is 5.56 Å². The topological polar surface area (TPSA) is 56.6 Å². The van der Waals surface area contributed by atoms with Crippen LogP contribution in [0.5, 0.6) is 0 Å². The predicted molar refractivity (Wildman–Crippen MR) is 62.2 cm³/mol. The van der Waals surface area contributed by atoms with Crippen molar-refractivity contribution in [2.75, 3.05) is 0 Å². The summed E-state index contributed by atoms with van der Waals surface area (Å²) < 4.78 is 0. The smallest absolute Gasteiger partial charge is 0.266 e. The molecule has 0 amide bonds. The Morgan fingerprint density at radius 3 is 2.50 bits per heavy atom. The highest BCUT2D eigenvalue weighted by Crippen LogP contribution is 2.22. The van der Waals surface area contributed by atoms with Crippen molar-refractivity contribution in [2.45, 2.75) is 0 Å². The molecule has 1 N–H and O–H groups in total. The molecule has 4 heteroatoms. The molecule has 1 aromatic heterocycles.